The molecule has 2 aromatic heterocycles. The van der Waals surface area contributed by atoms with E-state index in [2.05, 4.69) is 9.52 Å². The van der Waals surface area contributed by atoms with Crippen LogP contribution in [0.2, 0.25) is 0 Å². The maximum atomic E-state index is 12.8. The van der Waals surface area contributed by atoms with Crippen LogP contribution in [0, 0.1) is 0 Å². The molecule has 0 aliphatic rings. The van der Waals surface area contributed by atoms with Gasteiger partial charge in [0.15, 0.2) is 0 Å². The first-order valence-electron chi connectivity index (χ1n) is 4.57. The number of rotatable bonds is 3. The summed E-state index contributed by atoms with van der Waals surface area (Å²) in [7, 11) is -4.84. The van der Waals surface area contributed by atoms with E-state index in [0.29, 0.717) is 12.1 Å². The van der Waals surface area contributed by atoms with Gasteiger partial charge in [0, 0.05) is 23.9 Å². The summed E-state index contributed by atoms with van der Waals surface area (Å²) in [5.74, 6) is 0. The van der Waals surface area contributed by atoms with E-state index in [9.17, 15) is 12.3 Å². The van der Waals surface area contributed by atoms with E-state index >= 15 is 0 Å². The Morgan fingerprint density at radius 3 is 2.88 bits per heavy atom. The summed E-state index contributed by atoms with van der Waals surface area (Å²) < 4.78 is 40.6. The van der Waals surface area contributed by atoms with Gasteiger partial charge < -0.3 is 4.42 Å². The van der Waals surface area contributed by atoms with E-state index in [1.807, 2.05) is 6.92 Å². The normalized spacial score (nSPS) is 11.9. The summed E-state index contributed by atoms with van der Waals surface area (Å²) >= 11 is 0. The second kappa shape index (κ2) is 3.75. The number of hydrogen-bond acceptors (Lipinski definition) is 4. The molecule has 0 N–H and O–H groups in total. The monoisotopic (exact) mass is 244 g/mol. The fourth-order valence-corrected chi connectivity index (χ4v) is 1.99. The zero-order valence-corrected chi connectivity index (χ0v) is 9.24. The van der Waals surface area contributed by atoms with E-state index < -0.39 is 15.3 Å². The zero-order valence-electron chi connectivity index (χ0n) is 8.42. The van der Waals surface area contributed by atoms with Crippen LogP contribution in [-0.4, -0.2) is 18.2 Å². The zero-order chi connectivity index (χ0) is 11.8. The Hall–Kier alpha value is -1.63. The minimum atomic E-state index is -4.84. The molecule has 0 amide bonds. The van der Waals surface area contributed by atoms with E-state index in [1.54, 1.807) is 10.9 Å². The predicted molar refractivity (Wildman–Crippen MR) is 53.9 cm³/mol. The van der Waals surface area contributed by atoms with Crippen molar-refractivity contribution in [3.8, 4) is 11.1 Å². The molecular weight excluding hydrogens is 235 g/mol. The van der Waals surface area contributed by atoms with Crippen LogP contribution in [0.4, 0.5) is 3.89 Å². The maximum absolute atomic E-state index is 12.8. The summed E-state index contributed by atoms with van der Waals surface area (Å²) in [5.41, 5.74) is 0.689. The predicted octanol–water partition coefficient (Wildman–Crippen LogP) is 1.82. The van der Waals surface area contributed by atoms with Gasteiger partial charge >= 0.3 is 10.2 Å². The van der Waals surface area contributed by atoms with E-state index in [0.717, 1.165) is 6.26 Å². The highest BCUT2D eigenvalue weighted by molar-refractivity contribution is 7.86. The quantitative estimate of drug-likeness (QED) is 0.772. The van der Waals surface area contributed by atoms with Gasteiger partial charge in [0.1, 0.15) is 0 Å². The second-order valence-electron chi connectivity index (χ2n) is 3.14. The molecule has 0 aliphatic heterocycles. The van der Waals surface area contributed by atoms with Gasteiger partial charge in [-0.3, -0.25) is 4.68 Å². The number of aromatic nitrogens is 2. The van der Waals surface area contributed by atoms with Crippen molar-refractivity contribution >= 4 is 10.2 Å². The molecule has 2 rings (SSSR count). The third-order valence-corrected chi connectivity index (χ3v) is 2.88. The lowest BCUT2D eigenvalue weighted by molar-refractivity contribution is 0.436. The smallest absolute Gasteiger partial charge is 0.366 e. The molecule has 2 aromatic rings. The van der Waals surface area contributed by atoms with Gasteiger partial charge in [0.2, 0.25) is 0 Å². The van der Waals surface area contributed by atoms with E-state index in [4.69, 9.17) is 0 Å². The Balaban J connectivity index is 2.53. The molecular formula is C9H9FN2O3S. The maximum Gasteiger partial charge on any atom is 0.366 e. The van der Waals surface area contributed by atoms with E-state index in [1.165, 1.54) is 12.3 Å². The van der Waals surface area contributed by atoms with E-state index in [-0.39, 0.29) is 5.56 Å². The number of hydrogen-bond donors (Lipinski definition) is 0. The van der Waals surface area contributed by atoms with Gasteiger partial charge in [-0.1, -0.05) is 3.89 Å². The molecule has 0 radical (unpaired) electrons. The van der Waals surface area contributed by atoms with Crippen LogP contribution in [0.25, 0.3) is 11.1 Å². The van der Waals surface area contributed by atoms with Crippen molar-refractivity contribution in [3.05, 3.63) is 24.7 Å². The van der Waals surface area contributed by atoms with Crippen molar-refractivity contribution in [1.82, 2.24) is 9.78 Å². The minimum absolute atomic E-state index is 0.183. The van der Waals surface area contributed by atoms with Crippen LogP contribution in [0.1, 0.15) is 6.92 Å². The van der Waals surface area contributed by atoms with Crippen LogP contribution < -0.4 is 0 Å². The minimum Gasteiger partial charge on any atom is -0.450 e. The molecule has 0 saturated heterocycles. The summed E-state index contributed by atoms with van der Waals surface area (Å²) in [6.07, 6.45) is 4.22. The Morgan fingerprint density at radius 1 is 1.56 bits per heavy atom. The van der Waals surface area contributed by atoms with Crippen molar-refractivity contribution in [2.24, 2.45) is 0 Å². The van der Waals surface area contributed by atoms with Crippen LogP contribution in [-0.2, 0) is 16.8 Å². The second-order valence-corrected chi connectivity index (χ2v) is 4.39. The van der Waals surface area contributed by atoms with Crippen molar-refractivity contribution in [3.63, 3.8) is 0 Å². The molecule has 0 saturated carbocycles. The highest BCUT2D eigenvalue weighted by Gasteiger charge is 2.23. The lowest BCUT2D eigenvalue weighted by Gasteiger charge is -1.94. The van der Waals surface area contributed by atoms with Crippen molar-refractivity contribution in [2.45, 2.75) is 18.6 Å². The molecule has 0 atom stereocenters. The van der Waals surface area contributed by atoms with Crippen LogP contribution in [0.5, 0.6) is 0 Å². The molecule has 2 heterocycles. The lowest BCUT2D eigenvalue weighted by atomic mass is 10.2. The first-order chi connectivity index (χ1) is 7.52. The van der Waals surface area contributed by atoms with Crippen molar-refractivity contribution < 1.29 is 16.7 Å². The van der Waals surface area contributed by atoms with Gasteiger partial charge in [0.05, 0.1) is 12.5 Å². The van der Waals surface area contributed by atoms with Crippen LogP contribution >= 0.6 is 0 Å². The molecule has 86 valence electrons. The standard InChI is InChI=1S/C9H9FN2O3S/c1-2-12-6-7(5-11-12)8-3-4-15-9(8)16(10,13)14/h3-6H,2H2,1H3. The summed E-state index contributed by atoms with van der Waals surface area (Å²) in [4.78, 5) is 0. The Morgan fingerprint density at radius 2 is 2.31 bits per heavy atom. The number of nitrogens with zero attached hydrogens (tertiary/aromatic N) is 2. The molecule has 0 unspecified atom stereocenters. The topological polar surface area (TPSA) is 65.1 Å². The number of furan rings is 1. The molecule has 16 heavy (non-hydrogen) atoms. The molecule has 0 aromatic carbocycles. The molecule has 0 aliphatic carbocycles. The van der Waals surface area contributed by atoms with Gasteiger partial charge in [-0.15, -0.1) is 0 Å². The fourth-order valence-electron chi connectivity index (χ4n) is 1.37. The van der Waals surface area contributed by atoms with Crippen LogP contribution in [0.3, 0.4) is 0 Å². The first kappa shape index (κ1) is 10.9. The summed E-state index contributed by atoms with van der Waals surface area (Å²) in [6, 6.07) is 1.39. The third-order valence-electron chi connectivity index (χ3n) is 2.12. The Kier molecular flexibility index (Phi) is 2.55. The number of halogens is 1. The molecule has 0 spiro atoms. The lowest BCUT2D eigenvalue weighted by Crippen LogP contribution is -1.93. The summed E-state index contributed by atoms with van der Waals surface area (Å²) in [5, 5.41) is 3.29. The molecule has 0 fully saturated rings. The Labute approximate surface area is 91.7 Å². The van der Waals surface area contributed by atoms with Gasteiger partial charge in [-0.2, -0.15) is 13.5 Å². The SMILES string of the molecule is CCn1cc(-c2ccoc2S(=O)(=O)F)cn1. The number of aryl methyl sites for hydroxylation is 1. The van der Waals surface area contributed by atoms with Gasteiger partial charge in [-0.25, -0.2) is 0 Å². The molecule has 5 nitrogen and oxygen atoms in total. The highest BCUT2D eigenvalue weighted by atomic mass is 32.3. The van der Waals surface area contributed by atoms with Crippen LogP contribution in [0.15, 0.2) is 34.2 Å². The molecule has 0 bridgehead atoms. The Bertz CT molecular complexity index is 600. The van der Waals surface area contributed by atoms with Crippen molar-refractivity contribution in [1.29, 1.82) is 0 Å². The van der Waals surface area contributed by atoms with Gasteiger partial charge in [0.25, 0.3) is 5.09 Å². The van der Waals surface area contributed by atoms with Crippen molar-refractivity contribution in [2.75, 3.05) is 0 Å². The highest BCUT2D eigenvalue weighted by Crippen LogP contribution is 2.29. The largest absolute Gasteiger partial charge is 0.450 e. The average Bonchev–Trinajstić information content (AvgIpc) is 2.84. The first-order valence-corrected chi connectivity index (χ1v) is 5.95. The average molecular weight is 244 g/mol. The van der Waals surface area contributed by atoms with Gasteiger partial charge in [-0.05, 0) is 13.0 Å². The fraction of sp³-hybridized carbons (Fsp3) is 0.222. The third kappa shape index (κ3) is 1.85. The summed E-state index contributed by atoms with van der Waals surface area (Å²) in [6.45, 7) is 2.54. The molecule has 7 heteroatoms.